The molecule has 4 aliphatic rings. The van der Waals surface area contributed by atoms with Crippen molar-refractivity contribution in [1.29, 1.82) is 0 Å². The molecule has 4 bridgehead atoms. The van der Waals surface area contributed by atoms with Gasteiger partial charge < -0.3 is 9.11 Å². The van der Waals surface area contributed by atoms with Gasteiger partial charge >= 0.3 is 0 Å². The van der Waals surface area contributed by atoms with Gasteiger partial charge in [0.15, 0.2) is 22.2 Å². The second-order valence-electron chi connectivity index (χ2n) is 12.9. The highest BCUT2D eigenvalue weighted by Gasteiger charge is 2.69. The first kappa shape index (κ1) is 26.4. The van der Waals surface area contributed by atoms with Crippen LogP contribution in [-0.2, 0) is 44.6 Å². The highest BCUT2D eigenvalue weighted by Crippen LogP contribution is 2.67. The van der Waals surface area contributed by atoms with E-state index in [9.17, 15) is 27.1 Å². The molecule has 6 nitrogen and oxygen atoms in total. The zero-order valence-electron chi connectivity index (χ0n) is 21.6. The first-order valence-corrected chi connectivity index (χ1v) is 15.5. The number of rotatable bonds is 8. The van der Waals surface area contributed by atoms with Gasteiger partial charge in [0.1, 0.15) is 11.6 Å². The average molecular weight is 535 g/mol. The van der Waals surface area contributed by atoms with Crippen LogP contribution in [0.25, 0.3) is 0 Å². The number of hydrogen-bond donors (Lipinski definition) is 2. The minimum Gasteiger partial charge on any atom is -0.306 e. The van der Waals surface area contributed by atoms with E-state index in [1.54, 1.807) is 0 Å². The molecule has 1 aromatic rings. The topological polar surface area (TPSA) is 109 Å². The van der Waals surface area contributed by atoms with Crippen molar-refractivity contribution in [3.63, 3.8) is 0 Å². The number of ketones is 2. The maximum atomic E-state index is 13.1. The molecule has 8 unspecified atom stereocenters. The second kappa shape index (κ2) is 8.65. The largest absolute Gasteiger partial charge is 0.306 e. The van der Waals surface area contributed by atoms with Gasteiger partial charge in [0.25, 0.3) is 0 Å². The lowest BCUT2D eigenvalue weighted by atomic mass is 9.65. The summed E-state index contributed by atoms with van der Waals surface area (Å²) in [5.41, 5.74) is -0.409. The van der Waals surface area contributed by atoms with Crippen molar-refractivity contribution in [2.45, 2.75) is 89.6 Å². The summed E-state index contributed by atoms with van der Waals surface area (Å²) in [5.74, 6) is 0.789. The average Bonchev–Trinajstić information content (AvgIpc) is 3.35. The lowest BCUT2D eigenvalue weighted by Crippen LogP contribution is -2.49. The summed E-state index contributed by atoms with van der Waals surface area (Å²) in [5, 5.41) is -1.33. The van der Waals surface area contributed by atoms with Gasteiger partial charge in [-0.05, 0) is 72.3 Å². The summed E-state index contributed by atoms with van der Waals surface area (Å²) >= 11 is -4.29. The zero-order chi connectivity index (χ0) is 26.3. The van der Waals surface area contributed by atoms with Gasteiger partial charge in [-0.2, -0.15) is 0 Å². The van der Waals surface area contributed by atoms with E-state index in [1.165, 1.54) is 0 Å². The number of Topliss-reactive ketones (excluding diaryl/α,β-unsaturated/α-hetero) is 2. The predicted molar refractivity (Wildman–Crippen MR) is 140 cm³/mol. The first-order chi connectivity index (χ1) is 16.8. The molecule has 1 aromatic carbocycles. The Balaban J connectivity index is 1.39. The molecule has 8 atom stereocenters. The quantitative estimate of drug-likeness (QED) is 0.466. The van der Waals surface area contributed by atoms with Crippen LogP contribution in [0.1, 0.15) is 77.3 Å². The third-order valence-corrected chi connectivity index (χ3v) is 13.5. The van der Waals surface area contributed by atoms with Crippen LogP contribution < -0.4 is 0 Å². The fourth-order valence-electron chi connectivity index (χ4n) is 9.01. The zero-order valence-corrected chi connectivity index (χ0v) is 23.3. The summed E-state index contributed by atoms with van der Waals surface area (Å²) in [4.78, 5) is 26.2. The van der Waals surface area contributed by atoms with Gasteiger partial charge in [0.2, 0.25) is 0 Å². The Kier molecular flexibility index (Phi) is 6.34. The molecule has 0 radical (unpaired) electrons. The predicted octanol–water partition coefficient (Wildman–Crippen LogP) is 4.74. The van der Waals surface area contributed by atoms with Crippen LogP contribution in [0.4, 0.5) is 0 Å². The van der Waals surface area contributed by atoms with Gasteiger partial charge in [0, 0.05) is 12.8 Å². The van der Waals surface area contributed by atoms with E-state index in [0.717, 1.165) is 24.0 Å². The van der Waals surface area contributed by atoms with Crippen LogP contribution in [0.5, 0.6) is 0 Å². The Bertz CT molecular complexity index is 1050. The van der Waals surface area contributed by atoms with E-state index in [-0.39, 0.29) is 34.2 Å². The molecule has 198 valence electrons. The molecule has 0 amide bonds. The molecule has 0 aliphatic heterocycles. The molecular weight excluding hydrogens is 496 g/mol. The van der Waals surface area contributed by atoms with Crippen molar-refractivity contribution in [3.05, 3.63) is 35.4 Å². The van der Waals surface area contributed by atoms with Crippen LogP contribution in [0.15, 0.2) is 24.3 Å². The monoisotopic (exact) mass is 534 g/mol. The van der Waals surface area contributed by atoms with Crippen LogP contribution in [0.2, 0.25) is 0 Å². The van der Waals surface area contributed by atoms with Crippen molar-refractivity contribution < 1.29 is 27.1 Å². The molecule has 8 heteroatoms. The van der Waals surface area contributed by atoms with Crippen LogP contribution in [-0.4, -0.2) is 39.6 Å². The Morgan fingerprint density at radius 3 is 1.31 bits per heavy atom. The fraction of sp³-hybridized carbons (Fsp3) is 0.714. The van der Waals surface area contributed by atoms with Crippen molar-refractivity contribution in [3.8, 4) is 0 Å². The maximum absolute atomic E-state index is 13.1. The van der Waals surface area contributed by atoms with E-state index in [2.05, 4.69) is 27.7 Å². The molecule has 36 heavy (non-hydrogen) atoms. The van der Waals surface area contributed by atoms with Gasteiger partial charge in [-0.3, -0.25) is 9.59 Å². The van der Waals surface area contributed by atoms with Crippen molar-refractivity contribution in [2.75, 3.05) is 0 Å². The van der Waals surface area contributed by atoms with Gasteiger partial charge in [-0.15, -0.1) is 0 Å². The summed E-state index contributed by atoms with van der Waals surface area (Å²) in [6.45, 7) is 8.30. The van der Waals surface area contributed by atoms with Gasteiger partial charge in [-0.25, -0.2) is 8.42 Å². The lowest BCUT2D eigenvalue weighted by Gasteiger charge is -2.41. The Labute approximate surface area is 219 Å². The van der Waals surface area contributed by atoms with E-state index in [0.29, 0.717) is 38.5 Å². The molecule has 0 aromatic heterocycles. The molecule has 5 rings (SSSR count). The molecule has 0 saturated heterocycles. The second-order valence-corrected chi connectivity index (χ2v) is 15.1. The SMILES string of the molecule is CC1(C)C2CCC1(C(Cc1ccc(CC(S(=O)O)C34CCC(CC3=O)C4(C)C)cc1)S(=O)O)C(=O)C2. The highest BCUT2D eigenvalue weighted by atomic mass is 32.2. The smallest absolute Gasteiger partial charge is 0.157 e. The van der Waals surface area contributed by atoms with E-state index >= 15 is 0 Å². The molecule has 4 saturated carbocycles. The maximum Gasteiger partial charge on any atom is 0.157 e. The summed E-state index contributed by atoms with van der Waals surface area (Å²) in [6, 6.07) is 7.61. The number of hydrogen-bond acceptors (Lipinski definition) is 4. The number of carbonyl (C=O) groups is 2. The first-order valence-electron chi connectivity index (χ1n) is 13.1. The van der Waals surface area contributed by atoms with E-state index in [4.69, 9.17) is 0 Å². The summed E-state index contributed by atoms with van der Waals surface area (Å²) in [7, 11) is 0. The number of carbonyl (C=O) groups excluding carboxylic acids is 2. The van der Waals surface area contributed by atoms with Crippen LogP contribution in [0.3, 0.4) is 0 Å². The number of benzene rings is 1. The standard InChI is InChI=1S/C28H38O6S2/c1-25(2)19-9-11-27(25,21(29)15-19)23(35(31)32)13-17-5-7-18(8-6-17)14-24(36(33)34)28-12-10-20(16-22(28)30)26(28,3)4/h5-8,19-20,23-24H,9-16H2,1-4H3,(H,31,32)(H,33,34). The third kappa shape index (κ3) is 3.39. The molecule has 2 N–H and O–H groups in total. The Hall–Kier alpha value is -1.22. The Morgan fingerprint density at radius 2 is 1.08 bits per heavy atom. The molecule has 0 heterocycles. The number of fused-ring (bicyclic) bond motifs is 4. The highest BCUT2D eigenvalue weighted by molar-refractivity contribution is 7.80. The van der Waals surface area contributed by atoms with Gasteiger partial charge in [-0.1, -0.05) is 52.0 Å². The summed E-state index contributed by atoms with van der Waals surface area (Å²) < 4.78 is 45.8. The minimum absolute atomic E-state index is 0.124. The normalized spacial score (nSPS) is 37.3. The van der Waals surface area contributed by atoms with Crippen LogP contribution >= 0.6 is 0 Å². The van der Waals surface area contributed by atoms with Crippen molar-refractivity contribution >= 4 is 33.7 Å². The van der Waals surface area contributed by atoms with Crippen molar-refractivity contribution in [1.82, 2.24) is 0 Å². The summed E-state index contributed by atoms with van der Waals surface area (Å²) in [6.07, 6.45) is 4.82. The fourth-order valence-corrected chi connectivity index (χ4v) is 11.5. The third-order valence-electron chi connectivity index (χ3n) is 11.4. The van der Waals surface area contributed by atoms with Crippen molar-refractivity contribution in [2.24, 2.45) is 33.5 Å². The van der Waals surface area contributed by atoms with Gasteiger partial charge in [0.05, 0.1) is 21.3 Å². The Morgan fingerprint density at radius 1 is 0.750 bits per heavy atom. The van der Waals surface area contributed by atoms with Crippen LogP contribution in [0, 0.1) is 33.5 Å². The molecule has 4 aliphatic carbocycles. The molecule has 4 fully saturated rings. The minimum atomic E-state index is -2.14. The van der Waals surface area contributed by atoms with E-state index < -0.39 is 43.5 Å². The molecule has 0 spiro atoms. The molecular formula is C28H38O6S2. The van der Waals surface area contributed by atoms with E-state index in [1.807, 2.05) is 24.3 Å². The lowest BCUT2D eigenvalue weighted by molar-refractivity contribution is -0.130.